The average molecular weight is 359 g/mol. The van der Waals surface area contributed by atoms with Gasteiger partial charge < -0.3 is 5.32 Å². The lowest BCUT2D eigenvalue weighted by molar-refractivity contribution is -0.134. The number of rotatable bonds is 2. The molecule has 1 aromatic rings. The van der Waals surface area contributed by atoms with Crippen LogP contribution in [0, 0.1) is 3.57 Å². The van der Waals surface area contributed by atoms with Gasteiger partial charge >= 0.3 is 0 Å². The molecule has 0 radical (unpaired) electrons. The number of halogens is 1. The molecule has 2 N–H and O–H groups in total. The Morgan fingerprint density at radius 1 is 1.50 bits per heavy atom. The largest absolute Gasteiger partial charge is 0.339 e. The molecule has 0 aromatic carbocycles. The van der Waals surface area contributed by atoms with Gasteiger partial charge in [0.25, 0.3) is 5.91 Å². The molecule has 0 bridgehead atoms. The molecular formula is C11H10IN3O3. The van der Waals surface area contributed by atoms with Crippen LogP contribution in [0.3, 0.4) is 0 Å². The quantitative estimate of drug-likeness (QED) is 0.584. The SMILES string of the molecule is O=C1CCC(NC(=O)c2cc(I)ccn2)C(=O)N1. The average Bonchev–Trinajstić information content (AvgIpc) is 2.32. The zero-order valence-corrected chi connectivity index (χ0v) is 11.4. The molecule has 1 aromatic heterocycles. The topological polar surface area (TPSA) is 88.2 Å². The van der Waals surface area contributed by atoms with E-state index >= 15 is 0 Å². The second-order valence-corrected chi connectivity index (χ2v) is 5.08. The maximum atomic E-state index is 11.9. The first kappa shape index (κ1) is 12.9. The highest BCUT2D eigenvalue weighted by molar-refractivity contribution is 14.1. The summed E-state index contributed by atoms with van der Waals surface area (Å²) in [7, 11) is 0. The van der Waals surface area contributed by atoms with Crippen molar-refractivity contribution in [2.45, 2.75) is 18.9 Å². The zero-order chi connectivity index (χ0) is 13.1. The van der Waals surface area contributed by atoms with Crippen molar-refractivity contribution in [3.63, 3.8) is 0 Å². The minimum Gasteiger partial charge on any atom is -0.339 e. The molecule has 0 aliphatic carbocycles. The Morgan fingerprint density at radius 3 is 2.94 bits per heavy atom. The first-order chi connectivity index (χ1) is 8.56. The summed E-state index contributed by atoms with van der Waals surface area (Å²) in [5.41, 5.74) is 0.256. The van der Waals surface area contributed by atoms with Crippen LogP contribution in [0.2, 0.25) is 0 Å². The summed E-state index contributed by atoms with van der Waals surface area (Å²) >= 11 is 2.07. The third kappa shape index (κ3) is 3.03. The molecule has 2 heterocycles. The maximum absolute atomic E-state index is 11.9. The Bertz CT molecular complexity index is 518. The number of amides is 3. The number of piperidine rings is 1. The number of hydrogen-bond acceptors (Lipinski definition) is 4. The van der Waals surface area contributed by atoms with Crippen LogP contribution in [-0.2, 0) is 9.59 Å². The van der Waals surface area contributed by atoms with Crippen molar-refractivity contribution in [3.05, 3.63) is 27.6 Å². The van der Waals surface area contributed by atoms with Gasteiger partial charge in [0.15, 0.2) is 0 Å². The van der Waals surface area contributed by atoms with E-state index in [-0.39, 0.29) is 18.0 Å². The summed E-state index contributed by atoms with van der Waals surface area (Å²) in [6.07, 6.45) is 2.08. The first-order valence-corrected chi connectivity index (χ1v) is 6.40. The van der Waals surface area contributed by atoms with Crippen LogP contribution in [0.4, 0.5) is 0 Å². The molecule has 1 aliphatic rings. The Kier molecular flexibility index (Phi) is 3.90. The second kappa shape index (κ2) is 5.42. The fourth-order valence-electron chi connectivity index (χ4n) is 1.59. The standard InChI is InChI=1S/C11H10IN3O3/c12-6-3-4-13-8(5-6)11(18)14-7-1-2-9(16)15-10(7)17/h3-5,7H,1-2H2,(H,14,18)(H,15,16,17). The second-order valence-electron chi connectivity index (χ2n) is 3.84. The monoisotopic (exact) mass is 359 g/mol. The lowest BCUT2D eigenvalue weighted by atomic mass is 10.1. The minimum atomic E-state index is -0.671. The molecule has 1 unspecified atom stereocenters. The van der Waals surface area contributed by atoms with Gasteiger partial charge in [-0.3, -0.25) is 24.7 Å². The van der Waals surface area contributed by atoms with E-state index < -0.39 is 17.9 Å². The number of aromatic nitrogens is 1. The highest BCUT2D eigenvalue weighted by atomic mass is 127. The Labute approximate surface area is 117 Å². The highest BCUT2D eigenvalue weighted by Gasteiger charge is 2.28. The molecule has 1 fully saturated rings. The molecule has 1 saturated heterocycles. The summed E-state index contributed by atoms with van der Waals surface area (Å²) < 4.78 is 0.885. The Morgan fingerprint density at radius 2 is 2.28 bits per heavy atom. The number of nitrogens with zero attached hydrogens (tertiary/aromatic N) is 1. The predicted octanol–water partition coefficient (Wildman–Crippen LogP) is 0.221. The molecule has 3 amide bonds. The lowest BCUT2D eigenvalue weighted by Gasteiger charge is -2.21. The van der Waals surface area contributed by atoms with Crippen LogP contribution in [0.15, 0.2) is 18.3 Å². The van der Waals surface area contributed by atoms with E-state index in [1.807, 2.05) is 0 Å². The molecule has 94 valence electrons. The van der Waals surface area contributed by atoms with E-state index in [0.29, 0.717) is 6.42 Å². The van der Waals surface area contributed by atoms with Gasteiger partial charge in [0.2, 0.25) is 11.8 Å². The number of carbonyl (C=O) groups excluding carboxylic acids is 3. The van der Waals surface area contributed by atoms with Crippen molar-refractivity contribution in [2.75, 3.05) is 0 Å². The molecule has 1 atom stereocenters. The molecule has 1 aliphatic heterocycles. The number of pyridine rings is 1. The molecule has 2 rings (SSSR count). The third-order valence-electron chi connectivity index (χ3n) is 2.50. The van der Waals surface area contributed by atoms with Crippen LogP contribution in [0.25, 0.3) is 0 Å². The maximum Gasteiger partial charge on any atom is 0.270 e. The molecule has 0 saturated carbocycles. The van der Waals surface area contributed by atoms with Crippen molar-refractivity contribution in [3.8, 4) is 0 Å². The van der Waals surface area contributed by atoms with E-state index in [1.54, 1.807) is 12.1 Å². The Hall–Kier alpha value is -1.51. The molecule has 0 spiro atoms. The van der Waals surface area contributed by atoms with Crippen LogP contribution in [-0.4, -0.2) is 28.7 Å². The fraction of sp³-hybridized carbons (Fsp3) is 0.273. The Balaban J connectivity index is 2.03. The molecule has 6 nitrogen and oxygen atoms in total. The van der Waals surface area contributed by atoms with Crippen molar-refractivity contribution in [1.82, 2.24) is 15.6 Å². The van der Waals surface area contributed by atoms with Gasteiger partial charge in [-0.1, -0.05) is 0 Å². The van der Waals surface area contributed by atoms with Crippen LogP contribution in [0.5, 0.6) is 0 Å². The number of carbonyl (C=O) groups is 3. The van der Waals surface area contributed by atoms with Gasteiger partial charge in [0, 0.05) is 16.2 Å². The van der Waals surface area contributed by atoms with Gasteiger partial charge in [0.1, 0.15) is 11.7 Å². The van der Waals surface area contributed by atoms with E-state index in [0.717, 1.165) is 3.57 Å². The molecule has 18 heavy (non-hydrogen) atoms. The van der Waals surface area contributed by atoms with Crippen molar-refractivity contribution < 1.29 is 14.4 Å². The van der Waals surface area contributed by atoms with E-state index in [1.165, 1.54) is 6.20 Å². The van der Waals surface area contributed by atoms with Crippen molar-refractivity contribution >= 4 is 40.3 Å². The van der Waals surface area contributed by atoms with Gasteiger partial charge in [-0.2, -0.15) is 0 Å². The smallest absolute Gasteiger partial charge is 0.270 e. The van der Waals surface area contributed by atoms with E-state index in [9.17, 15) is 14.4 Å². The zero-order valence-electron chi connectivity index (χ0n) is 9.27. The number of imide groups is 1. The first-order valence-electron chi connectivity index (χ1n) is 5.32. The van der Waals surface area contributed by atoms with Crippen molar-refractivity contribution in [1.29, 1.82) is 0 Å². The summed E-state index contributed by atoms with van der Waals surface area (Å²) in [4.78, 5) is 38.2. The summed E-state index contributed by atoms with van der Waals surface area (Å²) in [6, 6.07) is 2.72. The van der Waals surface area contributed by atoms with Gasteiger partial charge in [-0.25, -0.2) is 0 Å². The van der Waals surface area contributed by atoms with E-state index in [4.69, 9.17) is 0 Å². The highest BCUT2D eigenvalue weighted by Crippen LogP contribution is 2.08. The van der Waals surface area contributed by atoms with Gasteiger partial charge in [-0.15, -0.1) is 0 Å². The lowest BCUT2D eigenvalue weighted by Crippen LogP contribution is -2.52. The molecular weight excluding hydrogens is 349 g/mol. The van der Waals surface area contributed by atoms with Crippen molar-refractivity contribution in [2.24, 2.45) is 0 Å². The normalized spacial score (nSPS) is 19.3. The molecule has 7 heteroatoms. The number of nitrogens with one attached hydrogen (secondary N) is 2. The predicted molar refractivity (Wildman–Crippen MR) is 70.6 cm³/mol. The fourth-order valence-corrected chi connectivity index (χ4v) is 2.05. The van der Waals surface area contributed by atoms with Gasteiger partial charge in [0.05, 0.1) is 0 Å². The third-order valence-corrected chi connectivity index (χ3v) is 3.17. The van der Waals surface area contributed by atoms with Gasteiger partial charge in [-0.05, 0) is 41.1 Å². The summed E-state index contributed by atoms with van der Waals surface area (Å²) in [5, 5.41) is 4.75. The minimum absolute atomic E-state index is 0.233. The summed E-state index contributed by atoms with van der Waals surface area (Å²) in [6.45, 7) is 0. The van der Waals surface area contributed by atoms with E-state index in [2.05, 4.69) is 38.2 Å². The number of hydrogen-bond donors (Lipinski definition) is 2. The van der Waals surface area contributed by atoms with Crippen LogP contribution in [0.1, 0.15) is 23.3 Å². The summed E-state index contributed by atoms with van der Waals surface area (Å²) in [5.74, 6) is -1.19. The van der Waals surface area contributed by atoms with Crippen LogP contribution >= 0.6 is 22.6 Å². The van der Waals surface area contributed by atoms with Crippen LogP contribution < -0.4 is 10.6 Å².